The van der Waals surface area contributed by atoms with Gasteiger partial charge in [0, 0.05) is 23.6 Å². The first-order valence-electron chi connectivity index (χ1n) is 7.99. The summed E-state index contributed by atoms with van der Waals surface area (Å²) in [4.78, 5) is 27.9. The second-order valence-corrected chi connectivity index (χ2v) is 5.68. The van der Waals surface area contributed by atoms with Gasteiger partial charge in [-0.3, -0.25) is 9.78 Å². The summed E-state index contributed by atoms with van der Waals surface area (Å²) in [5.41, 5.74) is 2.52. The zero-order chi connectivity index (χ0) is 17.9. The van der Waals surface area contributed by atoms with E-state index in [1.165, 1.54) is 6.20 Å². The summed E-state index contributed by atoms with van der Waals surface area (Å²) in [5, 5.41) is 2.81. The molecule has 1 N–H and O–H groups in total. The molecule has 1 amide bonds. The summed E-state index contributed by atoms with van der Waals surface area (Å²) in [7, 11) is 0. The summed E-state index contributed by atoms with van der Waals surface area (Å²) in [5.74, 6) is 0.353. The molecule has 1 aromatic carbocycles. The fourth-order valence-electron chi connectivity index (χ4n) is 2.68. The SMILES string of the molecule is O=C1Nc2ccccc2/C1=C/c1ccc(COC(=O)c2cccnc2)o1. The monoisotopic (exact) mass is 346 g/mol. The molecule has 0 spiro atoms. The first kappa shape index (κ1) is 15.8. The van der Waals surface area contributed by atoms with Crippen molar-refractivity contribution in [2.24, 2.45) is 0 Å². The number of carbonyl (C=O) groups excluding carboxylic acids is 2. The average molecular weight is 346 g/mol. The van der Waals surface area contributed by atoms with E-state index in [0.29, 0.717) is 22.7 Å². The predicted molar refractivity (Wildman–Crippen MR) is 95.0 cm³/mol. The number of anilines is 1. The summed E-state index contributed by atoms with van der Waals surface area (Å²) in [6, 6.07) is 14.2. The molecule has 1 aliphatic heterocycles. The van der Waals surface area contributed by atoms with Crippen LogP contribution >= 0.6 is 0 Å². The molecule has 1 aliphatic rings. The summed E-state index contributed by atoms with van der Waals surface area (Å²) in [6.45, 7) is -0.000313. The van der Waals surface area contributed by atoms with Gasteiger partial charge in [-0.05, 0) is 36.4 Å². The van der Waals surface area contributed by atoms with Gasteiger partial charge in [0.15, 0.2) is 0 Å². The first-order chi connectivity index (χ1) is 12.7. The van der Waals surface area contributed by atoms with Gasteiger partial charge in [0.25, 0.3) is 5.91 Å². The number of hydrogen-bond acceptors (Lipinski definition) is 5. The molecular weight excluding hydrogens is 332 g/mol. The number of rotatable bonds is 4. The van der Waals surface area contributed by atoms with Crippen molar-refractivity contribution in [2.75, 3.05) is 5.32 Å². The van der Waals surface area contributed by atoms with E-state index >= 15 is 0 Å². The van der Waals surface area contributed by atoms with Crippen molar-refractivity contribution in [3.63, 3.8) is 0 Å². The molecule has 2 aromatic heterocycles. The highest BCUT2D eigenvalue weighted by molar-refractivity contribution is 6.34. The van der Waals surface area contributed by atoms with Crippen molar-refractivity contribution >= 4 is 29.2 Å². The normalized spacial score (nSPS) is 14.2. The smallest absolute Gasteiger partial charge is 0.340 e. The molecule has 3 heterocycles. The van der Waals surface area contributed by atoms with Crippen LogP contribution in [0, 0.1) is 0 Å². The molecule has 6 heteroatoms. The van der Waals surface area contributed by atoms with Crippen LogP contribution in [-0.2, 0) is 16.1 Å². The highest BCUT2D eigenvalue weighted by Gasteiger charge is 2.23. The summed E-state index contributed by atoms with van der Waals surface area (Å²) >= 11 is 0. The summed E-state index contributed by atoms with van der Waals surface area (Å²) < 4.78 is 10.8. The Bertz CT molecular complexity index is 1010. The number of ether oxygens (including phenoxy) is 1. The molecule has 0 aliphatic carbocycles. The molecule has 6 nitrogen and oxygen atoms in total. The zero-order valence-corrected chi connectivity index (χ0v) is 13.6. The Labute approximate surface area is 149 Å². The molecule has 0 atom stereocenters. The number of fused-ring (bicyclic) bond motifs is 1. The van der Waals surface area contributed by atoms with Crippen LogP contribution < -0.4 is 5.32 Å². The third-order valence-corrected chi connectivity index (χ3v) is 3.92. The molecule has 0 saturated heterocycles. The van der Waals surface area contributed by atoms with Crippen molar-refractivity contribution in [3.05, 3.63) is 83.6 Å². The number of carbonyl (C=O) groups is 2. The van der Waals surface area contributed by atoms with Gasteiger partial charge >= 0.3 is 5.97 Å². The van der Waals surface area contributed by atoms with Gasteiger partial charge in [0.05, 0.1) is 11.1 Å². The van der Waals surface area contributed by atoms with E-state index in [2.05, 4.69) is 10.3 Å². The Morgan fingerprint density at radius 2 is 2.04 bits per heavy atom. The van der Waals surface area contributed by atoms with Crippen LogP contribution in [0.15, 0.2) is 65.3 Å². The maximum Gasteiger partial charge on any atom is 0.340 e. The minimum absolute atomic E-state index is 0.000313. The van der Waals surface area contributed by atoms with E-state index in [-0.39, 0.29) is 12.5 Å². The van der Waals surface area contributed by atoms with Crippen molar-refractivity contribution in [1.82, 2.24) is 4.98 Å². The number of nitrogens with zero attached hydrogens (tertiary/aromatic N) is 1. The number of benzene rings is 1. The Kier molecular flexibility index (Phi) is 4.07. The van der Waals surface area contributed by atoms with Gasteiger partial charge in [-0.1, -0.05) is 18.2 Å². The molecule has 4 rings (SSSR count). The first-order valence-corrected chi connectivity index (χ1v) is 7.99. The lowest BCUT2D eigenvalue weighted by Crippen LogP contribution is -2.04. The molecule has 0 fully saturated rings. The van der Waals surface area contributed by atoms with Crippen molar-refractivity contribution in [3.8, 4) is 0 Å². The topological polar surface area (TPSA) is 81.4 Å². The maximum absolute atomic E-state index is 12.1. The number of furan rings is 1. The van der Waals surface area contributed by atoms with E-state index in [9.17, 15) is 9.59 Å². The van der Waals surface area contributed by atoms with Crippen LogP contribution in [0.25, 0.3) is 11.6 Å². The van der Waals surface area contributed by atoms with Gasteiger partial charge in [-0.15, -0.1) is 0 Å². The quantitative estimate of drug-likeness (QED) is 0.577. The van der Waals surface area contributed by atoms with Crippen LogP contribution in [0.1, 0.15) is 27.4 Å². The van der Waals surface area contributed by atoms with Gasteiger partial charge in [-0.25, -0.2) is 4.79 Å². The number of amides is 1. The van der Waals surface area contributed by atoms with Crippen LogP contribution in [0.4, 0.5) is 5.69 Å². The average Bonchev–Trinajstić information content (AvgIpc) is 3.25. The van der Waals surface area contributed by atoms with Crippen LogP contribution in [0.5, 0.6) is 0 Å². The zero-order valence-electron chi connectivity index (χ0n) is 13.6. The Balaban J connectivity index is 1.47. The molecule has 0 bridgehead atoms. The lowest BCUT2D eigenvalue weighted by atomic mass is 10.1. The lowest BCUT2D eigenvalue weighted by molar-refractivity contribution is -0.110. The number of para-hydroxylation sites is 1. The van der Waals surface area contributed by atoms with E-state index in [1.54, 1.807) is 36.5 Å². The largest absolute Gasteiger partial charge is 0.458 e. The van der Waals surface area contributed by atoms with Crippen LogP contribution in [0.2, 0.25) is 0 Å². The third kappa shape index (κ3) is 3.12. The number of hydrogen-bond donors (Lipinski definition) is 1. The van der Waals surface area contributed by atoms with Crippen molar-refractivity contribution in [1.29, 1.82) is 0 Å². The van der Waals surface area contributed by atoms with Crippen LogP contribution in [-0.4, -0.2) is 16.9 Å². The third-order valence-electron chi connectivity index (χ3n) is 3.92. The van der Waals surface area contributed by atoms with E-state index < -0.39 is 5.97 Å². The van der Waals surface area contributed by atoms with Crippen LogP contribution in [0.3, 0.4) is 0 Å². The van der Waals surface area contributed by atoms with Gasteiger partial charge in [0.2, 0.25) is 0 Å². The minimum atomic E-state index is -0.474. The highest BCUT2D eigenvalue weighted by Crippen LogP contribution is 2.32. The van der Waals surface area contributed by atoms with E-state index in [1.807, 2.05) is 24.3 Å². The second kappa shape index (κ2) is 6.68. The number of esters is 1. The van der Waals surface area contributed by atoms with Gasteiger partial charge in [0.1, 0.15) is 18.1 Å². The Hall–Kier alpha value is -3.67. The molecule has 0 saturated carbocycles. The minimum Gasteiger partial charge on any atom is -0.458 e. The van der Waals surface area contributed by atoms with Gasteiger partial charge in [-0.2, -0.15) is 0 Å². The number of pyridine rings is 1. The van der Waals surface area contributed by atoms with E-state index in [4.69, 9.17) is 9.15 Å². The molecular formula is C20H14N2O4. The fourth-order valence-corrected chi connectivity index (χ4v) is 2.68. The molecule has 0 radical (unpaired) electrons. The van der Waals surface area contributed by atoms with Crippen molar-refractivity contribution in [2.45, 2.75) is 6.61 Å². The lowest BCUT2D eigenvalue weighted by Gasteiger charge is -2.02. The van der Waals surface area contributed by atoms with Gasteiger partial charge < -0.3 is 14.5 Å². The van der Waals surface area contributed by atoms with Crippen molar-refractivity contribution < 1.29 is 18.7 Å². The number of aromatic nitrogens is 1. The Morgan fingerprint density at radius 1 is 1.15 bits per heavy atom. The highest BCUT2D eigenvalue weighted by atomic mass is 16.5. The Morgan fingerprint density at radius 3 is 2.88 bits per heavy atom. The maximum atomic E-state index is 12.1. The number of nitrogens with one attached hydrogen (secondary N) is 1. The molecule has 26 heavy (non-hydrogen) atoms. The second-order valence-electron chi connectivity index (χ2n) is 5.68. The predicted octanol–water partition coefficient (Wildman–Crippen LogP) is 3.52. The fraction of sp³-hybridized carbons (Fsp3) is 0.0500. The molecule has 3 aromatic rings. The van der Waals surface area contributed by atoms with E-state index in [0.717, 1.165) is 11.3 Å². The summed E-state index contributed by atoms with van der Waals surface area (Å²) in [6.07, 6.45) is 4.70. The standard InChI is InChI=1S/C20H14N2O4/c23-19-17(16-5-1-2-6-18(16)22-19)10-14-7-8-15(26-14)12-25-20(24)13-4-3-9-21-11-13/h1-11H,12H2,(H,22,23)/b17-10-. The molecule has 0 unspecified atom stereocenters. The molecule has 128 valence electrons.